The van der Waals surface area contributed by atoms with Crippen LogP contribution >= 0.6 is 0 Å². The average Bonchev–Trinajstić information content (AvgIpc) is 2.70. The quantitative estimate of drug-likeness (QED) is 0.867. The minimum atomic E-state index is 0.222. The number of aryl methyl sites for hydroxylation is 1. The summed E-state index contributed by atoms with van der Waals surface area (Å²) >= 11 is 0. The molecule has 0 radical (unpaired) electrons. The Morgan fingerprint density at radius 3 is 2.67 bits per heavy atom. The van der Waals surface area contributed by atoms with Crippen molar-refractivity contribution in [1.29, 1.82) is 0 Å². The van der Waals surface area contributed by atoms with Crippen LogP contribution in [0.1, 0.15) is 11.1 Å². The van der Waals surface area contributed by atoms with Gasteiger partial charge in [-0.15, -0.1) is 0 Å². The van der Waals surface area contributed by atoms with E-state index in [1.54, 1.807) is 6.07 Å². The minimum absolute atomic E-state index is 0.222. The van der Waals surface area contributed by atoms with Gasteiger partial charge in [0.2, 0.25) is 0 Å². The standard InChI is InChI=1S/C13H17N3O2/c1-8-4-5-9(11-6-12(14)15-18-11)13(17)10(8)7-16(2)3/h4-6,17H,7H2,1-3H3,(H2,14,15). The van der Waals surface area contributed by atoms with E-state index in [9.17, 15) is 5.11 Å². The van der Waals surface area contributed by atoms with Crippen molar-refractivity contribution in [3.05, 3.63) is 29.3 Å². The molecule has 0 atom stereocenters. The molecule has 0 amide bonds. The number of nitrogen functional groups attached to an aromatic ring is 1. The topological polar surface area (TPSA) is 75.5 Å². The highest BCUT2D eigenvalue weighted by atomic mass is 16.5. The molecule has 5 nitrogen and oxygen atoms in total. The summed E-state index contributed by atoms with van der Waals surface area (Å²) in [7, 11) is 3.91. The molecule has 96 valence electrons. The number of phenols is 1. The molecule has 0 aliphatic heterocycles. The Morgan fingerprint density at radius 2 is 2.11 bits per heavy atom. The number of hydrogen-bond acceptors (Lipinski definition) is 5. The summed E-state index contributed by atoms with van der Waals surface area (Å²) in [5.41, 5.74) is 8.05. The van der Waals surface area contributed by atoms with Crippen molar-refractivity contribution in [3.8, 4) is 17.1 Å². The Bertz CT molecular complexity index is 561. The fourth-order valence-corrected chi connectivity index (χ4v) is 1.87. The van der Waals surface area contributed by atoms with Crippen molar-refractivity contribution in [1.82, 2.24) is 10.1 Å². The Morgan fingerprint density at radius 1 is 1.39 bits per heavy atom. The summed E-state index contributed by atoms with van der Waals surface area (Å²) in [4.78, 5) is 2.00. The van der Waals surface area contributed by atoms with Crippen LogP contribution < -0.4 is 5.73 Å². The van der Waals surface area contributed by atoms with Gasteiger partial charge in [-0.05, 0) is 32.6 Å². The lowest BCUT2D eigenvalue weighted by Gasteiger charge is -2.15. The monoisotopic (exact) mass is 247 g/mol. The maximum Gasteiger partial charge on any atom is 0.172 e. The molecule has 0 bridgehead atoms. The molecule has 0 aliphatic rings. The molecule has 1 aromatic heterocycles. The van der Waals surface area contributed by atoms with Gasteiger partial charge in [0.25, 0.3) is 0 Å². The number of anilines is 1. The predicted molar refractivity (Wildman–Crippen MR) is 70.1 cm³/mol. The number of benzene rings is 1. The van der Waals surface area contributed by atoms with Crippen LogP contribution in [0.5, 0.6) is 5.75 Å². The first-order valence-electron chi connectivity index (χ1n) is 5.67. The van der Waals surface area contributed by atoms with E-state index in [0.717, 1.165) is 11.1 Å². The number of aromatic nitrogens is 1. The van der Waals surface area contributed by atoms with E-state index in [-0.39, 0.29) is 5.75 Å². The van der Waals surface area contributed by atoms with Gasteiger partial charge in [0.05, 0.1) is 5.56 Å². The van der Waals surface area contributed by atoms with Gasteiger partial charge in [0.1, 0.15) is 5.75 Å². The van der Waals surface area contributed by atoms with Crippen molar-refractivity contribution in [2.24, 2.45) is 0 Å². The highest BCUT2D eigenvalue weighted by Gasteiger charge is 2.15. The maximum absolute atomic E-state index is 10.3. The summed E-state index contributed by atoms with van der Waals surface area (Å²) in [6.07, 6.45) is 0. The highest BCUT2D eigenvalue weighted by molar-refractivity contribution is 5.70. The number of nitrogens with zero attached hydrogens (tertiary/aromatic N) is 2. The largest absolute Gasteiger partial charge is 0.507 e. The van der Waals surface area contributed by atoms with Crippen LogP contribution in [-0.2, 0) is 6.54 Å². The normalized spacial score (nSPS) is 11.1. The number of phenolic OH excluding ortho intramolecular Hbond substituents is 1. The molecule has 2 aromatic rings. The second-order valence-corrected chi connectivity index (χ2v) is 4.61. The summed E-state index contributed by atoms with van der Waals surface area (Å²) < 4.78 is 5.08. The van der Waals surface area contributed by atoms with Crippen molar-refractivity contribution >= 4 is 5.82 Å². The highest BCUT2D eigenvalue weighted by Crippen LogP contribution is 2.35. The van der Waals surface area contributed by atoms with E-state index >= 15 is 0 Å². The lowest BCUT2D eigenvalue weighted by Crippen LogP contribution is -2.12. The zero-order valence-corrected chi connectivity index (χ0v) is 10.8. The average molecular weight is 247 g/mol. The minimum Gasteiger partial charge on any atom is -0.507 e. The molecule has 0 saturated heterocycles. The van der Waals surface area contributed by atoms with Crippen LogP contribution in [0.25, 0.3) is 11.3 Å². The molecule has 1 heterocycles. The third-order valence-corrected chi connectivity index (χ3v) is 2.79. The van der Waals surface area contributed by atoms with E-state index in [1.807, 2.05) is 38.1 Å². The van der Waals surface area contributed by atoms with Crippen molar-refractivity contribution in [2.45, 2.75) is 13.5 Å². The van der Waals surface area contributed by atoms with Gasteiger partial charge in [-0.3, -0.25) is 0 Å². The van der Waals surface area contributed by atoms with E-state index in [0.29, 0.717) is 23.7 Å². The molecule has 0 spiro atoms. The van der Waals surface area contributed by atoms with Crippen LogP contribution in [0.2, 0.25) is 0 Å². The second-order valence-electron chi connectivity index (χ2n) is 4.61. The first kappa shape index (κ1) is 12.4. The molecular formula is C13H17N3O2. The van der Waals surface area contributed by atoms with Gasteiger partial charge in [-0.2, -0.15) is 0 Å². The SMILES string of the molecule is Cc1ccc(-c2cc(N)no2)c(O)c1CN(C)C. The Kier molecular flexibility index (Phi) is 3.25. The van der Waals surface area contributed by atoms with Gasteiger partial charge in [-0.1, -0.05) is 11.2 Å². The summed E-state index contributed by atoms with van der Waals surface area (Å²) in [5, 5.41) is 14.0. The lowest BCUT2D eigenvalue weighted by molar-refractivity contribution is 0.383. The molecule has 0 aliphatic carbocycles. The third-order valence-electron chi connectivity index (χ3n) is 2.79. The van der Waals surface area contributed by atoms with Gasteiger partial charge in [0.15, 0.2) is 11.6 Å². The Labute approximate surface area is 106 Å². The zero-order chi connectivity index (χ0) is 13.3. The molecule has 1 aromatic carbocycles. The number of rotatable bonds is 3. The van der Waals surface area contributed by atoms with Gasteiger partial charge in [-0.25, -0.2) is 0 Å². The van der Waals surface area contributed by atoms with Crippen LogP contribution in [0.4, 0.5) is 5.82 Å². The first-order valence-corrected chi connectivity index (χ1v) is 5.67. The van der Waals surface area contributed by atoms with E-state index < -0.39 is 0 Å². The third kappa shape index (κ3) is 2.31. The zero-order valence-electron chi connectivity index (χ0n) is 10.8. The van der Waals surface area contributed by atoms with E-state index in [1.165, 1.54) is 0 Å². The molecular weight excluding hydrogens is 230 g/mol. The molecule has 5 heteroatoms. The number of aromatic hydroxyl groups is 1. The molecule has 0 saturated carbocycles. The van der Waals surface area contributed by atoms with E-state index in [4.69, 9.17) is 10.3 Å². The molecule has 3 N–H and O–H groups in total. The van der Waals surface area contributed by atoms with Crippen LogP contribution in [0.3, 0.4) is 0 Å². The molecule has 2 rings (SSSR count). The summed E-state index contributed by atoms with van der Waals surface area (Å²) in [6, 6.07) is 5.36. The molecule has 0 unspecified atom stereocenters. The van der Waals surface area contributed by atoms with Crippen molar-refractivity contribution < 1.29 is 9.63 Å². The van der Waals surface area contributed by atoms with Gasteiger partial charge >= 0.3 is 0 Å². The molecule has 18 heavy (non-hydrogen) atoms. The Hall–Kier alpha value is -2.01. The lowest BCUT2D eigenvalue weighted by atomic mass is 10.0. The predicted octanol–water partition coefficient (Wildman–Crippen LogP) is 2.00. The Balaban J connectivity index is 2.50. The van der Waals surface area contributed by atoms with E-state index in [2.05, 4.69) is 5.16 Å². The van der Waals surface area contributed by atoms with Crippen LogP contribution in [0.15, 0.2) is 22.7 Å². The summed E-state index contributed by atoms with van der Waals surface area (Å²) in [5.74, 6) is 1.00. The van der Waals surface area contributed by atoms with Crippen LogP contribution in [0, 0.1) is 6.92 Å². The first-order chi connectivity index (χ1) is 8.49. The fourth-order valence-electron chi connectivity index (χ4n) is 1.87. The summed E-state index contributed by atoms with van der Waals surface area (Å²) in [6.45, 7) is 2.63. The fraction of sp³-hybridized carbons (Fsp3) is 0.308. The second kappa shape index (κ2) is 4.70. The maximum atomic E-state index is 10.3. The smallest absolute Gasteiger partial charge is 0.172 e. The van der Waals surface area contributed by atoms with Crippen molar-refractivity contribution in [3.63, 3.8) is 0 Å². The van der Waals surface area contributed by atoms with Gasteiger partial charge in [0, 0.05) is 18.2 Å². The van der Waals surface area contributed by atoms with Gasteiger partial charge < -0.3 is 20.3 Å². The number of hydrogen-bond donors (Lipinski definition) is 2. The van der Waals surface area contributed by atoms with Crippen molar-refractivity contribution in [2.75, 3.05) is 19.8 Å². The van der Waals surface area contributed by atoms with Crippen LogP contribution in [-0.4, -0.2) is 29.3 Å². The molecule has 0 fully saturated rings. The number of nitrogens with two attached hydrogens (primary N) is 1.